The van der Waals surface area contributed by atoms with E-state index in [2.05, 4.69) is 10.3 Å². The van der Waals surface area contributed by atoms with E-state index in [9.17, 15) is 14.0 Å². The Morgan fingerprint density at radius 1 is 1.12 bits per heavy atom. The third-order valence-electron chi connectivity index (χ3n) is 3.65. The number of carbonyl (C=O) groups is 2. The lowest BCUT2D eigenvalue weighted by Crippen LogP contribution is -2.28. The van der Waals surface area contributed by atoms with E-state index < -0.39 is 11.9 Å². The van der Waals surface area contributed by atoms with Crippen molar-refractivity contribution in [3.63, 3.8) is 0 Å². The van der Waals surface area contributed by atoms with Crippen LogP contribution in [0.3, 0.4) is 0 Å². The lowest BCUT2D eigenvalue weighted by molar-refractivity contribution is -0.148. The van der Waals surface area contributed by atoms with Crippen molar-refractivity contribution in [3.05, 3.63) is 64.9 Å². The standard InChI is InChI=1S/C19H17FN2O3S/c20-14-7-5-13(6-8-14)11-21-17(23)12-25-19(24)10-9-18-22-15-3-1-2-4-16(15)26-18/h1-8H,9-12H2,(H,21,23). The van der Waals surface area contributed by atoms with Gasteiger partial charge in [-0.3, -0.25) is 9.59 Å². The molecule has 3 rings (SSSR count). The average molecular weight is 372 g/mol. The van der Waals surface area contributed by atoms with Gasteiger partial charge in [0.2, 0.25) is 0 Å². The zero-order chi connectivity index (χ0) is 18.4. The molecule has 0 bridgehead atoms. The molecule has 5 nitrogen and oxygen atoms in total. The van der Waals surface area contributed by atoms with E-state index in [1.807, 2.05) is 24.3 Å². The number of hydrogen-bond acceptors (Lipinski definition) is 5. The van der Waals surface area contributed by atoms with Gasteiger partial charge in [0.15, 0.2) is 6.61 Å². The zero-order valence-electron chi connectivity index (χ0n) is 13.9. The summed E-state index contributed by atoms with van der Waals surface area (Å²) in [6.45, 7) is -0.0811. The Balaban J connectivity index is 1.37. The quantitative estimate of drug-likeness (QED) is 0.647. The van der Waals surface area contributed by atoms with Crippen molar-refractivity contribution in [3.8, 4) is 0 Å². The molecule has 1 N–H and O–H groups in total. The summed E-state index contributed by atoms with van der Waals surface area (Å²) >= 11 is 1.55. The number of rotatable bonds is 7. The second-order valence-electron chi connectivity index (χ2n) is 5.64. The van der Waals surface area contributed by atoms with Crippen LogP contribution in [-0.2, 0) is 27.3 Å². The van der Waals surface area contributed by atoms with E-state index in [0.717, 1.165) is 20.8 Å². The van der Waals surface area contributed by atoms with Gasteiger partial charge in [-0.1, -0.05) is 24.3 Å². The van der Waals surface area contributed by atoms with Crippen molar-refractivity contribution >= 4 is 33.4 Å². The maximum atomic E-state index is 12.8. The van der Waals surface area contributed by atoms with Crippen molar-refractivity contribution in [2.75, 3.05) is 6.61 Å². The predicted molar refractivity (Wildman–Crippen MR) is 97.1 cm³/mol. The molecule has 0 atom stereocenters. The van der Waals surface area contributed by atoms with Crippen LogP contribution in [0.2, 0.25) is 0 Å². The van der Waals surface area contributed by atoms with Gasteiger partial charge in [0.25, 0.3) is 5.91 Å². The highest BCUT2D eigenvalue weighted by Crippen LogP contribution is 2.22. The number of nitrogens with zero attached hydrogens (tertiary/aromatic N) is 1. The molecule has 7 heteroatoms. The molecule has 1 amide bonds. The molecule has 2 aromatic carbocycles. The molecule has 0 aliphatic carbocycles. The van der Waals surface area contributed by atoms with Crippen LogP contribution >= 0.6 is 11.3 Å². The second kappa shape index (κ2) is 8.53. The Morgan fingerprint density at radius 3 is 2.65 bits per heavy atom. The van der Waals surface area contributed by atoms with E-state index in [1.165, 1.54) is 12.1 Å². The number of halogens is 1. The van der Waals surface area contributed by atoms with Crippen LogP contribution in [0.4, 0.5) is 4.39 Å². The molecular weight excluding hydrogens is 355 g/mol. The number of esters is 1. The number of para-hydroxylation sites is 1. The van der Waals surface area contributed by atoms with Gasteiger partial charge in [-0.15, -0.1) is 11.3 Å². The van der Waals surface area contributed by atoms with Gasteiger partial charge < -0.3 is 10.1 Å². The molecule has 0 unspecified atom stereocenters. The summed E-state index contributed by atoms with van der Waals surface area (Å²) in [6.07, 6.45) is 0.653. The molecule has 3 aromatic rings. The van der Waals surface area contributed by atoms with Crippen LogP contribution < -0.4 is 5.32 Å². The van der Waals surface area contributed by atoms with E-state index >= 15 is 0 Å². The number of carbonyl (C=O) groups excluding carboxylic acids is 2. The van der Waals surface area contributed by atoms with Crippen molar-refractivity contribution in [2.24, 2.45) is 0 Å². The zero-order valence-corrected chi connectivity index (χ0v) is 14.7. The first-order valence-electron chi connectivity index (χ1n) is 8.11. The van der Waals surface area contributed by atoms with Gasteiger partial charge in [0.1, 0.15) is 5.82 Å². The Bertz CT molecular complexity index is 876. The molecule has 134 valence electrons. The van der Waals surface area contributed by atoms with Gasteiger partial charge in [0, 0.05) is 13.0 Å². The number of ether oxygens (including phenoxy) is 1. The Labute approximate surface area is 153 Å². The molecule has 0 spiro atoms. The van der Waals surface area contributed by atoms with Gasteiger partial charge in [-0.25, -0.2) is 9.37 Å². The first-order valence-corrected chi connectivity index (χ1v) is 8.93. The normalized spacial score (nSPS) is 10.7. The summed E-state index contributed by atoms with van der Waals surface area (Å²) in [7, 11) is 0. The lowest BCUT2D eigenvalue weighted by Gasteiger charge is -2.06. The van der Waals surface area contributed by atoms with E-state index in [0.29, 0.717) is 6.42 Å². The summed E-state index contributed by atoms with van der Waals surface area (Å²) in [5.74, 6) is -1.18. The summed E-state index contributed by atoms with van der Waals surface area (Å²) in [5.41, 5.74) is 1.68. The summed E-state index contributed by atoms with van der Waals surface area (Å²) < 4.78 is 18.9. The smallest absolute Gasteiger partial charge is 0.306 e. The second-order valence-corrected chi connectivity index (χ2v) is 6.75. The highest BCUT2D eigenvalue weighted by atomic mass is 32.1. The largest absolute Gasteiger partial charge is 0.456 e. The van der Waals surface area contributed by atoms with Gasteiger partial charge >= 0.3 is 5.97 Å². The number of amides is 1. The number of thiazole rings is 1. The number of aryl methyl sites for hydroxylation is 1. The molecule has 1 aromatic heterocycles. The fourth-order valence-corrected chi connectivity index (χ4v) is 3.27. The molecule has 0 aliphatic rings. The maximum Gasteiger partial charge on any atom is 0.306 e. The molecule has 26 heavy (non-hydrogen) atoms. The average Bonchev–Trinajstić information content (AvgIpc) is 3.07. The number of fused-ring (bicyclic) bond motifs is 1. The van der Waals surface area contributed by atoms with Gasteiger partial charge in [0.05, 0.1) is 21.6 Å². The fraction of sp³-hybridized carbons (Fsp3) is 0.211. The summed E-state index contributed by atoms with van der Waals surface area (Å²) in [4.78, 5) is 27.9. The number of nitrogens with one attached hydrogen (secondary N) is 1. The van der Waals surface area contributed by atoms with Gasteiger partial charge in [-0.2, -0.15) is 0 Å². The number of aromatic nitrogens is 1. The fourth-order valence-electron chi connectivity index (χ4n) is 2.31. The van der Waals surface area contributed by atoms with Crippen LogP contribution in [0, 0.1) is 5.82 Å². The number of hydrogen-bond donors (Lipinski definition) is 1. The topological polar surface area (TPSA) is 68.3 Å². The Hall–Kier alpha value is -2.80. The summed E-state index contributed by atoms with van der Waals surface area (Å²) in [6, 6.07) is 13.6. The monoisotopic (exact) mass is 372 g/mol. The maximum absolute atomic E-state index is 12.8. The first-order chi connectivity index (χ1) is 12.6. The van der Waals surface area contributed by atoms with Crippen molar-refractivity contribution < 1.29 is 18.7 Å². The Kier molecular flexibility index (Phi) is 5.91. The minimum atomic E-state index is -0.443. The first kappa shape index (κ1) is 18.0. The van der Waals surface area contributed by atoms with Crippen molar-refractivity contribution in [1.29, 1.82) is 0 Å². The molecule has 0 saturated heterocycles. The third kappa shape index (κ3) is 5.10. The minimum Gasteiger partial charge on any atom is -0.456 e. The molecular formula is C19H17FN2O3S. The molecule has 0 fully saturated rings. The van der Waals surface area contributed by atoms with E-state index in [1.54, 1.807) is 23.5 Å². The lowest BCUT2D eigenvalue weighted by atomic mass is 10.2. The van der Waals surface area contributed by atoms with Crippen LogP contribution in [0.5, 0.6) is 0 Å². The van der Waals surface area contributed by atoms with Crippen LogP contribution in [0.25, 0.3) is 10.2 Å². The van der Waals surface area contributed by atoms with Crippen LogP contribution in [-0.4, -0.2) is 23.5 Å². The summed E-state index contributed by atoms with van der Waals surface area (Å²) in [5, 5.41) is 3.48. The van der Waals surface area contributed by atoms with E-state index in [4.69, 9.17) is 4.74 Å². The highest BCUT2D eigenvalue weighted by Gasteiger charge is 2.10. The number of benzene rings is 2. The molecule has 0 saturated carbocycles. The van der Waals surface area contributed by atoms with Crippen molar-refractivity contribution in [2.45, 2.75) is 19.4 Å². The van der Waals surface area contributed by atoms with Gasteiger partial charge in [-0.05, 0) is 29.8 Å². The molecule has 1 heterocycles. The van der Waals surface area contributed by atoms with E-state index in [-0.39, 0.29) is 25.4 Å². The van der Waals surface area contributed by atoms with Crippen molar-refractivity contribution in [1.82, 2.24) is 10.3 Å². The minimum absolute atomic E-state index is 0.172. The third-order valence-corrected chi connectivity index (χ3v) is 4.74. The molecule has 0 radical (unpaired) electrons. The Morgan fingerprint density at radius 2 is 1.88 bits per heavy atom. The SMILES string of the molecule is O=C(COC(=O)CCc1nc2ccccc2s1)NCc1ccc(F)cc1. The highest BCUT2D eigenvalue weighted by molar-refractivity contribution is 7.18. The van der Waals surface area contributed by atoms with Crippen LogP contribution in [0.15, 0.2) is 48.5 Å². The van der Waals surface area contributed by atoms with Crippen LogP contribution in [0.1, 0.15) is 17.0 Å². The predicted octanol–water partition coefficient (Wildman–Crippen LogP) is 3.23. The molecule has 0 aliphatic heterocycles.